The van der Waals surface area contributed by atoms with E-state index in [-0.39, 0.29) is 0 Å². The molecule has 124 valence electrons. The number of rotatable bonds is 7. The third-order valence-corrected chi connectivity index (χ3v) is 4.04. The van der Waals surface area contributed by atoms with Crippen LogP contribution in [-0.4, -0.2) is 17.9 Å². The zero-order chi connectivity index (χ0) is 16.8. The van der Waals surface area contributed by atoms with Crippen LogP contribution in [0.5, 0.6) is 5.75 Å². The van der Waals surface area contributed by atoms with E-state index in [4.69, 9.17) is 4.74 Å². The minimum absolute atomic E-state index is 0.633. The largest absolute Gasteiger partial charge is 0.496 e. The fourth-order valence-electron chi connectivity index (χ4n) is 2.90. The Hall–Kier alpha value is -2.75. The Morgan fingerprint density at radius 1 is 1.12 bits per heavy atom. The molecular weight excluding hydrogens is 298 g/mol. The Morgan fingerprint density at radius 2 is 1.92 bits per heavy atom. The van der Waals surface area contributed by atoms with Gasteiger partial charge in [-0.3, -0.25) is 0 Å². The van der Waals surface area contributed by atoms with Crippen LogP contribution in [0.2, 0.25) is 0 Å². The van der Waals surface area contributed by atoms with Crippen molar-refractivity contribution in [2.45, 2.75) is 26.4 Å². The number of ether oxygens (including phenoxy) is 1. The quantitative estimate of drug-likeness (QED) is 0.523. The van der Waals surface area contributed by atoms with Crippen molar-refractivity contribution in [3.63, 3.8) is 0 Å². The molecule has 0 saturated heterocycles. The highest BCUT2D eigenvalue weighted by molar-refractivity contribution is 5.99. The summed E-state index contributed by atoms with van der Waals surface area (Å²) in [4.78, 5) is 0. The predicted octanol–water partition coefficient (Wildman–Crippen LogP) is 4.18. The van der Waals surface area contributed by atoms with Gasteiger partial charge in [0.2, 0.25) is 0 Å². The highest BCUT2D eigenvalue weighted by atomic mass is 16.5. The molecule has 1 N–H and O–H groups in total. The molecule has 0 saturated carbocycles. The van der Waals surface area contributed by atoms with E-state index >= 15 is 0 Å². The smallest absolute Gasteiger partial charge is 0.123 e. The molecule has 0 unspecified atom stereocenters. The minimum atomic E-state index is 0.633. The molecule has 0 fully saturated rings. The Morgan fingerprint density at radius 3 is 2.75 bits per heavy atom. The number of hydrazone groups is 1. The summed E-state index contributed by atoms with van der Waals surface area (Å²) in [5.41, 5.74) is 6.59. The summed E-state index contributed by atoms with van der Waals surface area (Å²) >= 11 is 0. The summed E-state index contributed by atoms with van der Waals surface area (Å²) in [5, 5.41) is 5.62. The highest BCUT2D eigenvalue weighted by Crippen LogP contribution is 2.20. The van der Waals surface area contributed by atoms with Crippen LogP contribution in [0.4, 0.5) is 0 Å². The summed E-state index contributed by atoms with van der Waals surface area (Å²) in [6.07, 6.45) is 5.17. The van der Waals surface area contributed by atoms with Crippen LogP contribution >= 0.6 is 0 Å². The maximum Gasteiger partial charge on any atom is 0.123 e. The van der Waals surface area contributed by atoms with Crippen LogP contribution in [0.15, 0.2) is 59.8 Å². The van der Waals surface area contributed by atoms with Crippen molar-refractivity contribution in [3.8, 4) is 5.75 Å². The predicted molar refractivity (Wildman–Crippen MR) is 99.7 cm³/mol. The molecular formula is C20H23N3O. The lowest BCUT2D eigenvalue weighted by molar-refractivity contribution is 0.408. The van der Waals surface area contributed by atoms with Crippen molar-refractivity contribution < 1.29 is 4.74 Å². The molecule has 4 heteroatoms. The van der Waals surface area contributed by atoms with Crippen molar-refractivity contribution in [1.29, 1.82) is 0 Å². The second-order valence-corrected chi connectivity index (χ2v) is 5.70. The normalized spacial score (nSPS) is 11.2. The number of para-hydroxylation sites is 2. The second kappa shape index (κ2) is 7.68. The first kappa shape index (κ1) is 16.1. The van der Waals surface area contributed by atoms with E-state index in [0.717, 1.165) is 29.8 Å². The summed E-state index contributed by atoms with van der Waals surface area (Å²) in [6, 6.07) is 16.4. The van der Waals surface area contributed by atoms with Gasteiger partial charge in [-0.2, -0.15) is 5.10 Å². The fourth-order valence-corrected chi connectivity index (χ4v) is 2.90. The monoisotopic (exact) mass is 321 g/mol. The number of nitrogens with one attached hydrogen (secondary N) is 1. The van der Waals surface area contributed by atoms with Crippen molar-refractivity contribution >= 4 is 17.1 Å². The van der Waals surface area contributed by atoms with Crippen molar-refractivity contribution in [2.24, 2.45) is 5.10 Å². The van der Waals surface area contributed by atoms with Gasteiger partial charge in [0.25, 0.3) is 0 Å². The van der Waals surface area contributed by atoms with E-state index in [1.54, 1.807) is 7.11 Å². The Bertz CT molecular complexity index is 836. The molecule has 0 radical (unpaired) electrons. The molecule has 3 rings (SSSR count). The third-order valence-electron chi connectivity index (χ3n) is 4.04. The van der Waals surface area contributed by atoms with E-state index in [1.165, 1.54) is 10.9 Å². The van der Waals surface area contributed by atoms with E-state index in [1.807, 2.05) is 30.5 Å². The lowest BCUT2D eigenvalue weighted by atomic mass is 10.2. The maximum absolute atomic E-state index is 5.35. The molecule has 0 bridgehead atoms. The maximum atomic E-state index is 5.35. The first-order chi connectivity index (χ1) is 11.8. The first-order valence-corrected chi connectivity index (χ1v) is 8.29. The standard InChI is InChI=1S/C20H23N3O/c1-3-12-23-15-17(18-9-5-6-10-19(18)23)14-22-21-13-16-8-4-7-11-20(16)24-2/h4-11,14-15,21H,3,12-13H2,1-2H3/b22-14+. The van der Waals surface area contributed by atoms with Crippen LogP contribution in [0.3, 0.4) is 0 Å². The zero-order valence-corrected chi connectivity index (χ0v) is 14.2. The van der Waals surface area contributed by atoms with Crippen molar-refractivity contribution in [1.82, 2.24) is 9.99 Å². The van der Waals surface area contributed by atoms with Gasteiger partial charge in [0, 0.05) is 34.8 Å². The molecule has 2 aromatic carbocycles. The Labute approximate surface area is 142 Å². The molecule has 3 aromatic rings. The summed E-state index contributed by atoms with van der Waals surface area (Å²) in [6.45, 7) is 3.84. The molecule has 1 aromatic heterocycles. The number of hydrogen-bond donors (Lipinski definition) is 1. The summed E-state index contributed by atoms with van der Waals surface area (Å²) in [5.74, 6) is 0.875. The third kappa shape index (κ3) is 3.43. The van der Waals surface area contributed by atoms with E-state index in [9.17, 15) is 0 Å². The van der Waals surface area contributed by atoms with Gasteiger partial charge in [0.05, 0.1) is 19.9 Å². The number of aryl methyl sites for hydroxylation is 1. The Balaban J connectivity index is 1.74. The molecule has 4 nitrogen and oxygen atoms in total. The molecule has 0 aliphatic rings. The zero-order valence-electron chi connectivity index (χ0n) is 14.2. The van der Waals surface area contributed by atoms with Gasteiger partial charge in [-0.15, -0.1) is 0 Å². The van der Waals surface area contributed by atoms with Crippen LogP contribution in [-0.2, 0) is 13.1 Å². The van der Waals surface area contributed by atoms with Crippen molar-refractivity contribution in [2.75, 3.05) is 7.11 Å². The topological polar surface area (TPSA) is 38.5 Å². The number of aromatic nitrogens is 1. The lowest BCUT2D eigenvalue weighted by Gasteiger charge is -2.07. The van der Waals surface area contributed by atoms with Crippen molar-refractivity contribution in [3.05, 3.63) is 65.9 Å². The van der Waals surface area contributed by atoms with Crippen LogP contribution in [0.1, 0.15) is 24.5 Å². The lowest BCUT2D eigenvalue weighted by Crippen LogP contribution is -2.06. The number of fused-ring (bicyclic) bond motifs is 1. The number of hydrogen-bond acceptors (Lipinski definition) is 3. The van der Waals surface area contributed by atoms with Gasteiger partial charge in [0.1, 0.15) is 5.75 Å². The molecule has 0 amide bonds. The van der Waals surface area contributed by atoms with Gasteiger partial charge in [-0.1, -0.05) is 43.3 Å². The van der Waals surface area contributed by atoms with Gasteiger partial charge < -0.3 is 14.7 Å². The molecule has 0 aliphatic heterocycles. The average Bonchev–Trinajstić information content (AvgIpc) is 2.97. The minimum Gasteiger partial charge on any atom is -0.496 e. The number of benzene rings is 2. The molecule has 0 atom stereocenters. The average molecular weight is 321 g/mol. The second-order valence-electron chi connectivity index (χ2n) is 5.70. The number of nitrogens with zero attached hydrogens (tertiary/aromatic N) is 2. The van der Waals surface area contributed by atoms with Gasteiger partial charge in [0.15, 0.2) is 0 Å². The van der Waals surface area contributed by atoms with Gasteiger partial charge in [-0.05, 0) is 18.6 Å². The molecule has 24 heavy (non-hydrogen) atoms. The summed E-state index contributed by atoms with van der Waals surface area (Å²) in [7, 11) is 1.69. The SMILES string of the molecule is CCCn1cc(/C=N/NCc2ccccc2OC)c2ccccc21. The fraction of sp³-hybridized carbons (Fsp3) is 0.250. The van der Waals surface area contributed by atoms with E-state index in [2.05, 4.69) is 52.5 Å². The number of methoxy groups -OCH3 is 1. The van der Waals surface area contributed by atoms with E-state index < -0.39 is 0 Å². The van der Waals surface area contributed by atoms with E-state index in [0.29, 0.717) is 6.54 Å². The van der Waals surface area contributed by atoms with Gasteiger partial charge in [-0.25, -0.2) is 0 Å². The first-order valence-electron chi connectivity index (χ1n) is 8.29. The summed E-state index contributed by atoms with van der Waals surface area (Å²) < 4.78 is 7.64. The molecule has 0 aliphatic carbocycles. The van der Waals surface area contributed by atoms with Crippen LogP contribution in [0, 0.1) is 0 Å². The Kier molecular flexibility index (Phi) is 5.16. The van der Waals surface area contributed by atoms with Crippen LogP contribution in [0.25, 0.3) is 10.9 Å². The molecule has 0 spiro atoms. The molecule has 1 heterocycles. The van der Waals surface area contributed by atoms with Gasteiger partial charge >= 0.3 is 0 Å². The highest BCUT2D eigenvalue weighted by Gasteiger charge is 2.05. The van der Waals surface area contributed by atoms with Crippen LogP contribution < -0.4 is 10.2 Å².